The fraction of sp³-hybridized carbons (Fsp3) is 0.714. The van der Waals surface area contributed by atoms with Crippen molar-refractivity contribution in [1.82, 2.24) is 4.90 Å². The summed E-state index contributed by atoms with van der Waals surface area (Å²) in [5, 5.41) is 0. The van der Waals surface area contributed by atoms with E-state index in [-0.39, 0.29) is 12.4 Å². The highest BCUT2D eigenvalue weighted by Gasteiger charge is 2.13. The summed E-state index contributed by atoms with van der Waals surface area (Å²) in [5.74, 6) is 0. The molecule has 3 nitrogen and oxygen atoms in total. The predicted octanol–water partition coefficient (Wildman–Crippen LogP) is 4.61. The third-order valence-corrected chi connectivity index (χ3v) is 5.35. The molecule has 2 aliphatic rings. The average molecular weight is 368 g/mol. The number of hydrogen-bond donors (Lipinski definition) is 0. The van der Waals surface area contributed by atoms with Crippen LogP contribution in [0.5, 0.6) is 0 Å². The molecule has 1 aromatic rings. The Morgan fingerprint density at radius 2 is 1.60 bits per heavy atom. The molecule has 0 N–H and O–H groups in total. The average Bonchev–Trinajstić information content (AvgIpc) is 2.66. The molecule has 4 heteroatoms. The summed E-state index contributed by atoms with van der Waals surface area (Å²) in [4.78, 5) is 2.52. The number of halogens is 1. The highest BCUT2D eigenvalue weighted by molar-refractivity contribution is 5.85. The lowest BCUT2D eigenvalue weighted by Gasteiger charge is -2.26. The van der Waals surface area contributed by atoms with E-state index in [4.69, 9.17) is 9.47 Å². The maximum Gasteiger partial charge on any atom is 0.0720 e. The van der Waals surface area contributed by atoms with Crippen LogP contribution in [0.2, 0.25) is 0 Å². The minimum absolute atomic E-state index is 0. The molecule has 1 heterocycles. The van der Waals surface area contributed by atoms with E-state index >= 15 is 0 Å². The van der Waals surface area contributed by atoms with Crippen molar-refractivity contribution in [2.45, 2.75) is 64.1 Å². The second-order valence-corrected chi connectivity index (χ2v) is 7.30. The van der Waals surface area contributed by atoms with Gasteiger partial charge in [-0.1, -0.05) is 43.5 Å². The molecule has 1 aliphatic heterocycles. The van der Waals surface area contributed by atoms with Crippen molar-refractivity contribution in [3.8, 4) is 0 Å². The van der Waals surface area contributed by atoms with E-state index in [2.05, 4.69) is 29.2 Å². The van der Waals surface area contributed by atoms with Gasteiger partial charge in [-0.05, 0) is 49.8 Å². The Morgan fingerprint density at radius 3 is 2.32 bits per heavy atom. The minimum Gasteiger partial charge on any atom is -0.379 e. The van der Waals surface area contributed by atoms with Crippen molar-refractivity contribution >= 4 is 12.4 Å². The van der Waals surface area contributed by atoms with Crippen LogP contribution in [-0.2, 0) is 22.5 Å². The third kappa shape index (κ3) is 7.65. The number of aryl methyl sites for hydroxylation is 1. The number of ether oxygens (including phenoxy) is 2. The molecule has 0 amide bonds. The maximum atomic E-state index is 6.06. The van der Waals surface area contributed by atoms with Crippen LogP contribution in [0.15, 0.2) is 24.3 Å². The van der Waals surface area contributed by atoms with E-state index < -0.39 is 0 Å². The summed E-state index contributed by atoms with van der Waals surface area (Å²) in [6, 6.07) is 9.07. The van der Waals surface area contributed by atoms with Crippen molar-refractivity contribution in [1.29, 1.82) is 0 Å². The summed E-state index contributed by atoms with van der Waals surface area (Å²) >= 11 is 0. The van der Waals surface area contributed by atoms with Crippen LogP contribution in [0.4, 0.5) is 0 Å². The van der Waals surface area contributed by atoms with E-state index in [0.717, 1.165) is 32.9 Å². The zero-order valence-electron chi connectivity index (χ0n) is 15.5. The highest BCUT2D eigenvalue weighted by atomic mass is 35.5. The van der Waals surface area contributed by atoms with Gasteiger partial charge >= 0.3 is 0 Å². The maximum absolute atomic E-state index is 6.06. The van der Waals surface area contributed by atoms with E-state index in [1.807, 2.05) is 0 Å². The number of morpholine rings is 1. The molecule has 1 aromatic carbocycles. The molecule has 25 heavy (non-hydrogen) atoms. The molecular formula is C21H34ClNO2. The summed E-state index contributed by atoms with van der Waals surface area (Å²) in [5.41, 5.74) is 2.77. The molecule has 0 unspecified atom stereocenters. The van der Waals surface area contributed by atoms with Gasteiger partial charge in [-0.3, -0.25) is 4.90 Å². The van der Waals surface area contributed by atoms with Crippen molar-refractivity contribution in [3.05, 3.63) is 35.4 Å². The van der Waals surface area contributed by atoms with Gasteiger partial charge in [0.2, 0.25) is 0 Å². The van der Waals surface area contributed by atoms with Crippen LogP contribution in [0.3, 0.4) is 0 Å². The standard InChI is InChI=1S/C21H33NO2.ClH/c1-2-7-21(8-3-1)24-18-20-11-9-19(10-12-20)6-4-5-13-22-14-16-23-17-15-22;/h9-12,21H,1-8,13-18H2;1H. The molecule has 0 bridgehead atoms. The normalized spacial score (nSPS) is 19.5. The fourth-order valence-corrected chi connectivity index (χ4v) is 3.74. The molecule has 0 radical (unpaired) electrons. The van der Waals surface area contributed by atoms with Crippen LogP contribution in [0, 0.1) is 0 Å². The minimum atomic E-state index is 0. The Hall–Kier alpha value is -0.610. The van der Waals surface area contributed by atoms with Crippen molar-refractivity contribution in [2.24, 2.45) is 0 Å². The molecule has 2 fully saturated rings. The van der Waals surface area contributed by atoms with Crippen LogP contribution in [-0.4, -0.2) is 43.9 Å². The molecule has 0 atom stereocenters. The molecule has 1 saturated carbocycles. The Balaban J connectivity index is 0.00000225. The first kappa shape index (κ1) is 20.7. The Labute approximate surface area is 159 Å². The molecule has 1 saturated heterocycles. The number of hydrogen-bond acceptors (Lipinski definition) is 3. The first-order chi connectivity index (χ1) is 11.9. The number of rotatable bonds is 8. The largest absolute Gasteiger partial charge is 0.379 e. The smallest absolute Gasteiger partial charge is 0.0720 e. The molecule has 0 spiro atoms. The van der Waals surface area contributed by atoms with Gasteiger partial charge in [0.1, 0.15) is 0 Å². The summed E-state index contributed by atoms with van der Waals surface area (Å²) in [7, 11) is 0. The summed E-state index contributed by atoms with van der Waals surface area (Å²) in [6.45, 7) is 6.03. The van der Waals surface area contributed by atoms with Gasteiger partial charge in [0.15, 0.2) is 0 Å². The lowest BCUT2D eigenvalue weighted by molar-refractivity contribution is 0.0168. The molecule has 0 aromatic heterocycles. The lowest BCUT2D eigenvalue weighted by Crippen LogP contribution is -2.36. The predicted molar refractivity (Wildman–Crippen MR) is 106 cm³/mol. The lowest BCUT2D eigenvalue weighted by atomic mass is 9.98. The van der Waals surface area contributed by atoms with E-state index in [9.17, 15) is 0 Å². The molecule has 1 aliphatic carbocycles. The van der Waals surface area contributed by atoms with Gasteiger partial charge in [0.25, 0.3) is 0 Å². The van der Waals surface area contributed by atoms with Gasteiger partial charge in [-0.25, -0.2) is 0 Å². The van der Waals surface area contributed by atoms with Gasteiger partial charge < -0.3 is 9.47 Å². The zero-order valence-corrected chi connectivity index (χ0v) is 16.3. The highest BCUT2D eigenvalue weighted by Crippen LogP contribution is 2.21. The van der Waals surface area contributed by atoms with Gasteiger partial charge in [-0.2, -0.15) is 0 Å². The third-order valence-electron chi connectivity index (χ3n) is 5.35. The Kier molecular flexibility index (Phi) is 9.85. The number of benzene rings is 1. The van der Waals surface area contributed by atoms with E-state index in [1.54, 1.807) is 0 Å². The van der Waals surface area contributed by atoms with Crippen LogP contribution >= 0.6 is 12.4 Å². The van der Waals surface area contributed by atoms with Gasteiger partial charge in [-0.15, -0.1) is 12.4 Å². The Morgan fingerprint density at radius 1 is 0.920 bits per heavy atom. The monoisotopic (exact) mass is 367 g/mol. The first-order valence-corrected chi connectivity index (χ1v) is 9.90. The first-order valence-electron chi connectivity index (χ1n) is 9.90. The van der Waals surface area contributed by atoms with Gasteiger partial charge in [0, 0.05) is 13.1 Å². The second-order valence-electron chi connectivity index (χ2n) is 7.30. The van der Waals surface area contributed by atoms with E-state index in [0.29, 0.717) is 6.10 Å². The zero-order chi connectivity index (χ0) is 16.5. The van der Waals surface area contributed by atoms with Crippen molar-refractivity contribution < 1.29 is 9.47 Å². The van der Waals surface area contributed by atoms with Crippen LogP contribution in [0.25, 0.3) is 0 Å². The second kappa shape index (κ2) is 11.9. The SMILES string of the molecule is Cl.c1cc(COC2CCCCC2)ccc1CCCCN1CCOCC1. The fourth-order valence-electron chi connectivity index (χ4n) is 3.74. The molecule has 3 rings (SSSR count). The Bertz CT molecular complexity index is 453. The van der Waals surface area contributed by atoms with Gasteiger partial charge in [0.05, 0.1) is 25.9 Å². The number of unbranched alkanes of at least 4 members (excludes halogenated alkanes) is 1. The van der Waals surface area contributed by atoms with E-state index in [1.165, 1.54) is 69.0 Å². The van der Waals surface area contributed by atoms with Crippen molar-refractivity contribution in [2.75, 3.05) is 32.8 Å². The molecular weight excluding hydrogens is 334 g/mol. The van der Waals surface area contributed by atoms with Crippen molar-refractivity contribution in [3.63, 3.8) is 0 Å². The summed E-state index contributed by atoms with van der Waals surface area (Å²) in [6.07, 6.45) is 10.8. The topological polar surface area (TPSA) is 21.7 Å². The summed E-state index contributed by atoms with van der Waals surface area (Å²) < 4.78 is 11.5. The quantitative estimate of drug-likeness (QED) is 0.626. The molecule has 142 valence electrons. The van der Waals surface area contributed by atoms with Crippen LogP contribution < -0.4 is 0 Å². The van der Waals surface area contributed by atoms with Crippen LogP contribution in [0.1, 0.15) is 56.1 Å². The number of nitrogens with zero attached hydrogens (tertiary/aromatic N) is 1.